The standard InChI is InChI=1S/C13H12BrFO/c14-10-1-2-11-9(7-10)8-12(15)13(11)3-5-16-6-4-13/h1-2,7-8H,3-6H2. The Hall–Kier alpha value is -0.670. The minimum Gasteiger partial charge on any atom is -0.381 e. The lowest BCUT2D eigenvalue weighted by atomic mass is 9.75. The van der Waals surface area contributed by atoms with Gasteiger partial charge in [-0.3, -0.25) is 0 Å². The smallest absolute Gasteiger partial charge is 0.111 e. The van der Waals surface area contributed by atoms with E-state index in [1.54, 1.807) is 6.08 Å². The Balaban J connectivity index is 2.13. The number of fused-ring (bicyclic) bond motifs is 2. The van der Waals surface area contributed by atoms with Crippen LogP contribution < -0.4 is 0 Å². The molecule has 0 radical (unpaired) electrons. The summed E-state index contributed by atoms with van der Waals surface area (Å²) in [4.78, 5) is 0. The van der Waals surface area contributed by atoms with Crippen molar-refractivity contribution in [2.75, 3.05) is 13.2 Å². The number of benzene rings is 1. The van der Waals surface area contributed by atoms with Gasteiger partial charge in [-0.25, -0.2) is 4.39 Å². The fraction of sp³-hybridized carbons (Fsp3) is 0.385. The summed E-state index contributed by atoms with van der Waals surface area (Å²) in [5.41, 5.74) is 1.74. The van der Waals surface area contributed by atoms with Gasteiger partial charge in [-0.15, -0.1) is 0 Å². The Morgan fingerprint density at radius 2 is 2.00 bits per heavy atom. The first-order chi connectivity index (χ1) is 7.72. The maximum absolute atomic E-state index is 14.2. The lowest BCUT2D eigenvalue weighted by Gasteiger charge is -2.34. The average molecular weight is 283 g/mol. The highest BCUT2D eigenvalue weighted by atomic mass is 79.9. The fourth-order valence-corrected chi connectivity index (χ4v) is 3.10. The van der Waals surface area contributed by atoms with Gasteiger partial charge in [0, 0.05) is 17.7 Å². The van der Waals surface area contributed by atoms with E-state index in [2.05, 4.69) is 15.9 Å². The van der Waals surface area contributed by atoms with Crippen molar-refractivity contribution in [1.82, 2.24) is 0 Å². The van der Waals surface area contributed by atoms with Gasteiger partial charge in [0.2, 0.25) is 0 Å². The molecule has 84 valence electrons. The number of allylic oxidation sites excluding steroid dienone is 1. The molecule has 1 aliphatic heterocycles. The molecule has 0 saturated carbocycles. The first kappa shape index (κ1) is 10.5. The molecule has 3 rings (SSSR count). The van der Waals surface area contributed by atoms with Crippen LogP contribution in [0, 0.1) is 0 Å². The van der Waals surface area contributed by atoms with Crippen LogP contribution in [0.2, 0.25) is 0 Å². The Bertz CT molecular complexity index is 461. The Labute approximate surface area is 102 Å². The Kier molecular flexibility index (Phi) is 2.41. The second-order valence-corrected chi connectivity index (χ2v) is 5.33. The van der Waals surface area contributed by atoms with E-state index in [4.69, 9.17) is 4.74 Å². The first-order valence-electron chi connectivity index (χ1n) is 5.48. The van der Waals surface area contributed by atoms with Crippen LogP contribution in [-0.4, -0.2) is 13.2 Å². The molecule has 0 atom stereocenters. The largest absolute Gasteiger partial charge is 0.381 e. The topological polar surface area (TPSA) is 9.23 Å². The van der Waals surface area contributed by atoms with E-state index in [0.29, 0.717) is 13.2 Å². The third-order valence-electron chi connectivity index (χ3n) is 3.61. The molecule has 16 heavy (non-hydrogen) atoms. The Morgan fingerprint density at radius 3 is 2.75 bits per heavy atom. The van der Waals surface area contributed by atoms with Crippen molar-refractivity contribution in [1.29, 1.82) is 0 Å². The van der Waals surface area contributed by atoms with Crippen molar-refractivity contribution in [3.05, 3.63) is 39.6 Å². The summed E-state index contributed by atoms with van der Waals surface area (Å²) in [6, 6.07) is 6.01. The molecule has 0 N–H and O–H groups in total. The molecule has 1 spiro atoms. The maximum atomic E-state index is 14.2. The maximum Gasteiger partial charge on any atom is 0.111 e. The van der Waals surface area contributed by atoms with Crippen molar-refractivity contribution < 1.29 is 9.13 Å². The zero-order chi connectivity index (χ0) is 11.2. The zero-order valence-electron chi connectivity index (χ0n) is 8.80. The summed E-state index contributed by atoms with van der Waals surface area (Å²) in [6.45, 7) is 1.30. The molecule has 1 nitrogen and oxygen atoms in total. The average Bonchev–Trinajstić information content (AvgIpc) is 2.53. The minimum atomic E-state index is -0.395. The van der Waals surface area contributed by atoms with E-state index in [1.165, 1.54) is 0 Å². The lowest BCUT2D eigenvalue weighted by molar-refractivity contribution is 0.0564. The highest BCUT2D eigenvalue weighted by molar-refractivity contribution is 9.10. The lowest BCUT2D eigenvalue weighted by Crippen LogP contribution is -2.32. The van der Waals surface area contributed by atoms with E-state index in [1.807, 2.05) is 18.2 Å². The molecule has 0 aromatic heterocycles. The molecule has 1 aromatic carbocycles. The molecule has 1 heterocycles. The third kappa shape index (κ3) is 1.38. The van der Waals surface area contributed by atoms with E-state index in [-0.39, 0.29) is 5.83 Å². The minimum absolute atomic E-state index is 0.00361. The second kappa shape index (κ2) is 3.67. The molecule has 2 aliphatic rings. The van der Waals surface area contributed by atoms with E-state index in [0.717, 1.165) is 28.4 Å². The van der Waals surface area contributed by atoms with Gasteiger partial charge in [0.1, 0.15) is 5.83 Å². The predicted octanol–water partition coefficient (Wildman–Crippen LogP) is 3.82. The quantitative estimate of drug-likeness (QED) is 0.703. The van der Waals surface area contributed by atoms with Crippen LogP contribution in [0.1, 0.15) is 24.0 Å². The molecule has 3 heteroatoms. The fourth-order valence-electron chi connectivity index (χ4n) is 2.72. The molecule has 1 aromatic rings. The van der Waals surface area contributed by atoms with Crippen LogP contribution in [0.25, 0.3) is 6.08 Å². The van der Waals surface area contributed by atoms with Crippen molar-refractivity contribution in [3.8, 4) is 0 Å². The molecular weight excluding hydrogens is 271 g/mol. The summed E-state index contributed by atoms with van der Waals surface area (Å²) >= 11 is 3.42. The highest BCUT2D eigenvalue weighted by Crippen LogP contribution is 2.49. The van der Waals surface area contributed by atoms with Gasteiger partial charge in [-0.05, 0) is 42.2 Å². The number of ether oxygens (including phenoxy) is 1. The SMILES string of the molecule is FC1=Cc2cc(Br)ccc2C12CCOCC2. The summed E-state index contributed by atoms with van der Waals surface area (Å²) < 4.78 is 20.5. The van der Waals surface area contributed by atoms with Gasteiger partial charge in [0.15, 0.2) is 0 Å². The van der Waals surface area contributed by atoms with Crippen LogP contribution in [0.15, 0.2) is 28.5 Å². The third-order valence-corrected chi connectivity index (χ3v) is 4.11. The number of hydrogen-bond donors (Lipinski definition) is 0. The molecule has 0 bridgehead atoms. The number of rotatable bonds is 0. The normalized spacial score (nSPS) is 22.0. The van der Waals surface area contributed by atoms with Gasteiger partial charge in [0.05, 0.1) is 5.41 Å². The van der Waals surface area contributed by atoms with Crippen LogP contribution >= 0.6 is 15.9 Å². The van der Waals surface area contributed by atoms with Crippen molar-refractivity contribution in [2.45, 2.75) is 18.3 Å². The van der Waals surface area contributed by atoms with Crippen LogP contribution in [-0.2, 0) is 10.2 Å². The highest BCUT2D eigenvalue weighted by Gasteiger charge is 2.43. The molecule has 1 fully saturated rings. The van der Waals surface area contributed by atoms with Gasteiger partial charge in [-0.2, -0.15) is 0 Å². The van der Waals surface area contributed by atoms with E-state index < -0.39 is 5.41 Å². The van der Waals surface area contributed by atoms with Crippen molar-refractivity contribution >= 4 is 22.0 Å². The van der Waals surface area contributed by atoms with Gasteiger partial charge >= 0.3 is 0 Å². The molecule has 0 amide bonds. The van der Waals surface area contributed by atoms with E-state index >= 15 is 0 Å². The molecule has 1 saturated heterocycles. The summed E-state index contributed by atoms with van der Waals surface area (Å²) in [5.74, 6) is 0.00361. The molecule has 1 aliphatic carbocycles. The molecule has 0 unspecified atom stereocenters. The van der Waals surface area contributed by atoms with E-state index in [9.17, 15) is 4.39 Å². The van der Waals surface area contributed by atoms with Gasteiger partial charge in [0.25, 0.3) is 0 Å². The monoisotopic (exact) mass is 282 g/mol. The van der Waals surface area contributed by atoms with Gasteiger partial charge in [-0.1, -0.05) is 22.0 Å². The van der Waals surface area contributed by atoms with Crippen LogP contribution in [0.5, 0.6) is 0 Å². The zero-order valence-corrected chi connectivity index (χ0v) is 10.4. The number of halogens is 2. The van der Waals surface area contributed by atoms with Gasteiger partial charge < -0.3 is 4.74 Å². The first-order valence-corrected chi connectivity index (χ1v) is 6.27. The summed E-state index contributed by atoms with van der Waals surface area (Å²) in [6.07, 6.45) is 3.18. The van der Waals surface area contributed by atoms with Crippen molar-refractivity contribution in [3.63, 3.8) is 0 Å². The van der Waals surface area contributed by atoms with Crippen molar-refractivity contribution in [2.24, 2.45) is 0 Å². The summed E-state index contributed by atoms with van der Waals surface area (Å²) in [5, 5.41) is 0. The Morgan fingerprint density at radius 1 is 1.25 bits per heavy atom. The second-order valence-electron chi connectivity index (χ2n) is 4.42. The predicted molar refractivity (Wildman–Crippen MR) is 65.0 cm³/mol. The number of hydrogen-bond acceptors (Lipinski definition) is 1. The molecular formula is C13H12BrFO. The van der Waals surface area contributed by atoms with Crippen LogP contribution in [0.4, 0.5) is 4.39 Å². The van der Waals surface area contributed by atoms with Crippen LogP contribution in [0.3, 0.4) is 0 Å². The summed E-state index contributed by atoms with van der Waals surface area (Å²) in [7, 11) is 0.